The summed E-state index contributed by atoms with van der Waals surface area (Å²) < 4.78 is 32.5. The molecule has 6 nitrogen and oxygen atoms in total. The van der Waals surface area contributed by atoms with Crippen LogP contribution < -0.4 is 9.62 Å². The zero-order valence-electron chi connectivity index (χ0n) is 12.2. The molecule has 0 bridgehead atoms. The summed E-state index contributed by atoms with van der Waals surface area (Å²) >= 11 is 5.67. The SMILES string of the molecule is CC(C)(CNS(=O)(=O)c1ccc(Cl)nc1)[NH+]1CCOCC1. The normalized spacial score (nSPS) is 17.9. The van der Waals surface area contributed by atoms with Gasteiger partial charge in [-0.2, -0.15) is 0 Å². The molecule has 1 fully saturated rings. The number of nitrogens with zero attached hydrogens (tertiary/aromatic N) is 1. The first-order valence-electron chi connectivity index (χ1n) is 6.85. The van der Waals surface area contributed by atoms with Crippen molar-refractivity contribution in [2.24, 2.45) is 0 Å². The fourth-order valence-electron chi connectivity index (χ4n) is 2.30. The largest absolute Gasteiger partial charge is 0.370 e. The molecule has 1 aromatic rings. The lowest BCUT2D eigenvalue weighted by Crippen LogP contribution is -3.22. The summed E-state index contributed by atoms with van der Waals surface area (Å²) in [6.45, 7) is 7.66. The van der Waals surface area contributed by atoms with E-state index in [2.05, 4.69) is 23.6 Å². The fourth-order valence-corrected chi connectivity index (χ4v) is 3.57. The highest BCUT2D eigenvalue weighted by Gasteiger charge is 2.33. The van der Waals surface area contributed by atoms with Crippen molar-refractivity contribution in [3.05, 3.63) is 23.5 Å². The molecule has 0 aromatic carbocycles. The van der Waals surface area contributed by atoms with Crippen molar-refractivity contribution in [1.82, 2.24) is 9.71 Å². The minimum absolute atomic E-state index is 0.125. The van der Waals surface area contributed by atoms with Gasteiger partial charge in [-0.05, 0) is 26.0 Å². The minimum atomic E-state index is -3.56. The zero-order valence-corrected chi connectivity index (χ0v) is 13.8. The topological polar surface area (TPSA) is 72.7 Å². The number of sulfonamides is 1. The van der Waals surface area contributed by atoms with E-state index in [9.17, 15) is 8.42 Å². The second kappa shape index (κ2) is 6.58. The van der Waals surface area contributed by atoms with E-state index in [4.69, 9.17) is 16.3 Å². The number of aromatic nitrogens is 1. The Hall–Kier alpha value is -0.730. The zero-order chi connectivity index (χ0) is 15.5. The maximum absolute atomic E-state index is 12.2. The van der Waals surface area contributed by atoms with E-state index in [0.29, 0.717) is 19.8 Å². The molecule has 0 radical (unpaired) electrons. The highest BCUT2D eigenvalue weighted by Crippen LogP contribution is 2.11. The third-order valence-electron chi connectivity index (χ3n) is 3.77. The van der Waals surface area contributed by atoms with Gasteiger partial charge in [-0.25, -0.2) is 18.1 Å². The van der Waals surface area contributed by atoms with E-state index < -0.39 is 10.0 Å². The first kappa shape index (κ1) is 16.6. The molecule has 0 amide bonds. The van der Waals surface area contributed by atoms with Gasteiger partial charge in [-0.3, -0.25) is 0 Å². The van der Waals surface area contributed by atoms with Gasteiger partial charge in [0.15, 0.2) is 0 Å². The predicted molar refractivity (Wildman–Crippen MR) is 80.0 cm³/mol. The van der Waals surface area contributed by atoms with Crippen LogP contribution in [0.3, 0.4) is 0 Å². The summed E-state index contributed by atoms with van der Waals surface area (Å²) in [4.78, 5) is 5.27. The lowest BCUT2D eigenvalue weighted by molar-refractivity contribution is -0.954. The molecular weight excluding hydrogens is 314 g/mol. The first-order valence-corrected chi connectivity index (χ1v) is 8.71. The Balaban J connectivity index is 2.01. The van der Waals surface area contributed by atoms with Crippen molar-refractivity contribution in [3.8, 4) is 0 Å². The lowest BCUT2D eigenvalue weighted by Gasteiger charge is -2.37. The second-order valence-corrected chi connectivity index (χ2v) is 7.90. The molecule has 118 valence electrons. The molecule has 0 saturated carbocycles. The Bertz CT molecular complexity index is 569. The smallest absolute Gasteiger partial charge is 0.242 e. The Kier molecular flexibility index (Phi) is 5.21. The molecule has 0 spiro atoms. The predicted octanol–water partition coefficient (Wildman–Crippen LogP) is -0.293. The van der Waals surface area contributed by atoms with Crippen molar-refractivity contribution >= 4 is 21.6 Å². The summed E-state index contributed by atoms with van der Waals surface area (Å²) in [6.07, 6.45) is 1.26. The lowest BCUT2D eigenvalue weighted by atomic mass is 10.0. The third-order valence-corrected chi connectivity index (χ3v) is 5.38. The van der Waals surface area contributed by atoms with Crippen LogP contribution in [-0.2, 0) is 14.8 Å². The molecule has 1 aliphatic rings. The van der Waals surface area contributed by atoms with Gasteiger partial charge in [0.1, 0.15) is 28.7 Å². The highest BCUT2D eigenvalue weighted by atomic mass is 35.5. The molecule has 2 rings (SSSR count). The van der Waals surface area contributed by atoms with Gasteiger partial charge in [0.05, 0.1) is 19.8 Å². The number of halogens is 1. The van der Waals surface area contributed by atoms with Gasteiger partial charge in [0.25, 0.3) is 0 Å². The summed E-state index contributed by atoms with van der Waals surface area (Å²) in [5.41, 5.74) is -0.198. The number of pyridine rings is 1. The molecule has 21 heavy (non-hydrogen) atoms. The maximum atomic E-state index is 12.2. The summed E-state index contributed by atoms with van der Waals surface area (Å²) in [5, 5.41) is 0.270. The Morgan fingerprint density at radius 1 is 1.38 bits per heavy atom. The van der Waals surface area contributed by atoms with Crippen LogP contribution in [0.25, 0.3) is 0 Å². The molecule has 2 heterocycles. The Labute approximate surface area is 130 Å². The summed E-state index contributed by atoms with van der Waals surface area (Å²) in [5.74, 6) is 0. The van der Waals surface area contributed by atoms with Crippen molar-refractivity contribution in [2.45, 2.75) is 24.3 Å². The molecule has 1 saturated heterocycles. The van der Waals surface area contributed by atoms with Crippen LogP contribution in [0.4, 0.5) is 0 Å². The maximum Gasteiger partial charge on any atom is 0.242 e. The van der Waals surface area contributed by atoms with Crippen molar-refractivity contribution in [2.75, 3.05) is 32.8 Å². The number of hydrogen-bond donors (Lipinski definition) is 2. The number of nitrogens with one attached hydrogen (secondary N) is 2. The average Bonchev–Trinajstić information content (AvgIpc) is 2.47. The Morgan fingerprint density at radius 3 is 2.62 bits per heavy atom. The minimum Gasteiger partial charge on any atom is -0.370 e. The number of rotatable bonds is 5. The van der Waals surface area contributed by atoms with Crippen molar-refractivity contribution in [1.29, 1.82) is 0 Å². The number of quaternary nitrogens is 1. The molecule has 8 heteroatoms. The van der Waals surface area contributed by atoms with Crippen LogP contribution >= 0.6 is 11.6 Å². The number of morpholine rings is 1. The van der Waals surface area contributed by atoms with Gasteiger partial charge in [0.2, 0.25) is 10.0 Å². The van der Waals surface area contributed by atoms with Gasteiger partial charge >= 0.3 is 0 Å². The summed E-state index contributed by atoms with van der Waals surface area (Å²) in [6, 6.07) is 2.92. The van der Waals surface area contributed by atoms with E-state index in [0.717, 1.165) is 13.1 Å². The fraction of sp³-hybridized carbons (Fsp3) is 0.615. The standard InChI is InChI=1S/C13H20ClN3O3S/c1-13(2,17-5-7-20-8-6-17)10-16-21(18,19)11-3-4-12(14)15-9-11/h3-4,9,16H,5-8,10H2,1-2H3/p+1. The van der Waals surface area contributed by atoms with Crippen LogP contribution in [0, 0.1) is 0 Å². The number of ether oxygens (including phenoxy) is 1. The van der Waals surface area contributed by atoms with Crippen LogP contribution in [-0.4, -0.2) is 51.8 Å². The van der Waals surface area contributed by atoms with E-state index >= 15 is 0 Å². The van der Waals surface area contributed by atoms with Crippen LogP contribution in [0.2, 0.25) is 5.15 Å². The van der Waals surface area contributed by atoms with Gasteiger partial charge in [-0.1, -0.05) is 11.6 Å². The monoisotopic (exact) mass is 334 g/mol. The van der Waals surface area contributed by atoms with E-state index in [1.807, 2.05) is 0 Å². The molecule has 1 aliphatic heterocycles. The molecule has 2 N–H and O–H groups in total. The van der Waals surface area contributed by atoms with E-state index in [-0.39, 0.29) is 15.6 Å². The van der Waals surface area contributed by atoms with Crippen molar-refractivity contribution < 1.29 is 18.1 Å². The van der Waals surface area contributed by atoms with Crippen LogP contribution in [0.5, 0.6) is 0 Å². The van der Waals surface area contributed by atoms with Gasteiger partial charge < -0.3 is 9.64 Å². The van der Waals surface area contributed by atoms with Gasteiger partial charge in [0, 0.05) is 6.20 Å². The van der Waals surface area contributed by atoms with E-state index in [1.54, 1.807) is 0 Å². The highest BCUT2D eigenvalue weighted by molar-refractivity contribution is 7.89. The molecule has 0 unspecified atom stereocenters. The Morgan fingerprint density at radius 2 is 2.05 bits per heavy atom. The second-order valence-electron chi connectivity index (χ2n) is 5.74. The molecule has 0 aliphatic carbocycles. The van der Waals surface area contributed by atoms with Crippen LogP contribution in [0.1, 0.15) is 13.8 Å². The van der Waals surface area contributed by atoms with E-state index in [1.165, 1.54) is 23.2 Å². The first-order chi connectivity index (χ1) is 9.81. The number of hydrogen-bond acceptors (Lipinski definition) is 4. The molecule has 1 aromatic heterocycles. The summed E-state index contributed by atoms with van der Waals surface area (Å²) in [7, 11) is -3.56. The molecule has 0 atom stereocenters. The van der Waals surface area contributed by atoms with Crippen molar-refractivity contribution in [3.63, 3.8) is 0 Å². The molecular formula is C13H21ClN3O3S+. The quantitative estimate of drug-likeness (QED) is 0.726. The average molecular weight is 335 g/mol. The third kappa shape index (κ3) is 4.37. The van der Waals surface area contributed by atoms with Crippen LogP contribution in [0.15, 0.2) is 23.2 Å². The van der Waals surface area contributed by atoms with Gasteiger partial charge in [-0.15, -0.1) is 0 Å².